The zero-order valence-corrected chi connectivity index (χ0v) is 11.4. The number of aromatic nitrogens is 1. The molecule has 106 valence electrons. The molecule has 0 N–H and O–H groups in total. The summed E-state index contributed by atoms with van der Waals surface area (Å²) in [6.07, 6.45) is -4.84. The highest BCUT2D eigenvalue weighted by molar-refractivity contribution is 7.14. The summed E-state index contributed by atoms with van der Waals surface area (Å²) >= 11 is 1.15. The lowest BCUT2D eigenvalue weighted by Gasteiger charge is -2.12. The van der Waals surface area contributed by atoms with E-state index in [1.807, 2.05) is 0 Å². The van der Waals surface area contributed by atoms with Crippen LogP contribution in [0.25, 0.3) is 0 Å². The number of nitrogens with zero attached hydrogens (tertiary/aromatic N) is 1. The maximum atomic E-state index is 12.3. The van der Waals surface area contributed by atoms with Crippen LogP contribution in [-0.4, -0.2) is 17.1 Å². The van der Waals surface area contributed by atoms with Gasteiger partial charge in [0.2, 0.25) is 5.78 Å². The molecule has 1 heterocycles. The van der Waals surface area contributed by atoms with Gasteiger partial charge >= 0.3 is 6.36 Å². The monoisotopic (exact) mass is 301 g/mol. The molecule has 20 heavy (non-hydrogen) atoms. The molecule has 0 aliphatic rings. The van der Waals surface area contributed by atoms with Gasteiger partial charge in [0, 0.05) is 0 Å². The lowest BCUT2D eigenvalue weighted by molar-refractivity contribution is -0.274. The molecule has 0 unspecified atom stereocenters. The maximum Gasteiger partial charge on any atom is 0.573 e. The van der Waals surface area contributed by atoms with Crippen LogP contribution in [0, 0.1) is 13.8 Å². The second kappa shape index (κ2) is 5.24. The van der Waals surface area contributed by atoms with Crippen molar-refractivity contribution in [2.75, 3.05) is 0 Å². The number of hydrogen-bond donors (Lipinski definition) is 0. The minimum atomic E-state index is -4.84. The first-order valence-corrected chi connectivity index (χ1v) is 6.43. The zero-order chi connectivity index (χ0) is 14.9. The Kier molecular flexibility index (Phi) is 3.80. The third-order valence-electron chi connectivity index (χ3n) is 2.47. The second-order valence-corrected chi connectivity index (χ2v) is 5.22. The third-order valence-corrected chi connectivity index (χ3v) is 3.54. The number of aryl methyl sites for hydroxylation is 2. The van der Waals surface area contributed by atoms with Crippen LogP contribution in [0.5, 0.6) is 5.75 Å². The van der Waals surface area contributed by atoms with Gasteiger partial charge in [-0.3, -0.25) is 4.79 Å². The number of thiazole rings is 1. The van der Waals surface area contributed by atoms with Crippen molar-refractivity contribution in [3.8, 4) is 5.75 Å². The highest BCUT2D eigenvalue weighted by Gasteiger charge is 2.33. The molecule has 0 atom stereocenters. The fourth-order valence-electron chi connectivity index (χ4n) is 1.73. The summed E-state index contributed by atoms with van der Waals surface area (Å²) in [5.74, 6) is -1.02. The topological polar surface area (TPSA) is 39.2 Å². The quantitative estimate of drug-likeness (QED) is 0.807. The van der Waals surface area contributed by atoms with Crippen LogP contribution in [0.15, 0.2) is 24.3 Å². The first-order chi connectivity index (χ1) is 9.28. The van der Waals surface area contributed by atoms with E-state index < -0.39 is 17.9 Å². The number of halogens is 3. The highest BCUT2D eigenvalue weighted by atomic mass is 32.1. The number of benzene rings is 1. The molecule has 2 aromatic rings. The minimum absolute atomic E-state index is 0.128. The predicted octanol–water partition coefficient (Wildman–Crippen LogP) is 3.89. The number of ketones is 1. The molecule has 0 amide bonds. The summed E-state index contributed by atoms with van der Waals surface area (Å²) in [5, 5.41) is 0.681. The van der Waals surface area contributed by atoms with E-state index in [2.05, 4.69) is 9.72 Å². The fraction of sp³-hybridized carbons (Fsp3) is 0.231. The Bertz CT molecular complexity index is 649. The van der Waals surface area contributed by atoms with Crippen molar-refractivity contribution < 1.29 is 22.7 Å². The van der Waals surface area contributed by atoms with Gasteiger partial charge in [0.1, 0.15) is 5.75 Å². The van der Waals surface area contributed by atoms with E-state index in [1.54, 1.807) is 13.8 Å². The van der Waals surface area contributed by atoms with E-state index in [0.29, 0.717) is 15.6 Å². The Morgan fingerprint density at radius 3 is 2.45 bits per heavy atom. The highest BCUT2D eigenvalue weighted by Crippen LogP contribution is 2.30. The average molecular weight is 301 g/mol. The average Bonchev–Trinajstić information content (AvgIpc) is 2.66. The van der Waals surface area contributed by atoms with Crippen LogP contribution >= 0.6 is 11.3 Å². The van der Waals surface area contributed by atoms with Crippen LogP contribution in [-0.2, 0) is 0 Å². The van der Waals surface area contributed by atoms with Gasteiger partial charge in [-0.05, 0) is 26.0 Å². The van der Waals surface area contributed by atoms with Crippen molar-refractivity contribution in [2.24, 2.45) is 0 Å². The lowest BCUT2D eigenvalue weighted by atomic mass is 10.1. The zero-order valence-electron chi connectivity index (χ0n) is 10.6. The van der Waals surface area contributed by atoms with Gasteiger partial charge in [-0.2, -0.15) is 0 Å². The SMILES string of the molecule is Cc1nc(C)c(C(=O)c2ccccc2OC(F)(F)F)s1. The molecule has 0 saturated carbocycles. The number of hydrogen-bond acceptors (Lipinski definition) is 4. The van der Waals surface area contributed by atoms with Crippen LogP contribution in [0.1, 0.15) is 25.9 Å². The predicted molar refractivity (Wildman–Crippen MR) is 68.1 cm³/mol. The van der Waals surface area contributed by atoms with Gasteiger partial charge in [0.25, 0.3) is 0 Å². The summed E-state index contributed by atoms with van der Waals surface area (Å²) in [6, 6.07) is 5.28. The first kappa shape index (κ1) is 14.5. The number of ether oxygens (including phenoxy) is 1. The van der Waals surface area contributed by atoms with E-state index in [1.165, 1.54) is 18.2 Å². The van der Waals surface area contributed by atoms with Crippen LogP contribution in [0.4, 0.5) is 13.2 Å². The fourth-order valence-corrected chi connectivity index (χ4v) is 2.61. The van der Waals surface area contributed by atoms with Crippen molar-refractivity contribution in [1.29, 1.82) is 0 Å². The summed E-state index contributed by atoms with van der Waals surface area (Å²) in [5.41, 5.74) is 0.371. The molecule has 0 bridgehead atoms. The van der Waals surface area contributed by atoms with Gasteiger partial charge in [0.15, 0.2) is 0 Å². The van der Waals surface area contributed by atoms with Crippen molar-refractivity contribution in [3.63, 3.8) is 0 Å². The smallest absolute Gasteiger partial charge is 0.405 e. The Labute approximate surface area is 117 Å². The van der Waals surface area contributed by atoms with Gasteiger partial charge in [-0.25, -0.2) is 4.98 Å². The molecule has 0 aliphatic heterocycles. The summed E-state index contributed by atoms with van der Waals surface area (Å²) in [6.45, 7) is 3.37. The van der Waals surface area contributed by atoms with Gasteiger partial charge in [-0.15, -0.1) is 24.5 Å². The van der Waals surface area contributed by atoms with Crippen molar-refractivity contribution in [2.45, 2.75) is 20.2 Å². The second-order valence-electron chi connectivity index (χ2n) is 4.02. The number of carbonyl (C=O) groups excluding carboxylic acids is 1. The molecule has 0 spiro atoms. The first-order valence-electron chi connectivity index (χ1n) is 5.61. The van der Waals surface area contributed by atoms with E-state index in [4.69, 9.17) is 0 Å². The van der Waals surface area contributed by atoms with Gasteiger partial charge in [-0.1, -0.05) is 12.1 Å². The molecule has 0 fully saturated rings. The molecule has 1 aromatic carbocycles. The lowest BCUT2D eigenvalue weighted by Crippen LogP contribution is -2.19. The standard InChI is InChI=1S/C13H10F3NO2S/c1-7-12(20-8(2)17-7)11(18)9-5-3-4-6-10(9)19-13(14,15)16/h3-6H,1-2H3. The summed E-state index contributed by atoms with van der Waals surface area (Å²) < 4.78 is 40.9. The number of carbonyl (C=O) groups is 1. The van der Waals surface area contributed by atoms with Crippen LogP contribution in [0.3, 0.4) is 0 Å². The molecular formula is C13H10F3NO2S. The molecule has 0 aliphatic carbocycles. The van der Waals surface area contributed by atoms with Crippen LogP contribution < -0.4 is 4.74 Å². The Hall–Kier alpha value is -1.89. The van der Waals surface area contributed by atoms with Crippen molar-refractivity contribution >= 4 is 17.1 Å². The Morgan fingerprint density at radius 2 is 1.90 bits per heavy atom. The molecule has 1 aromatic heterocycles. The van der Waals surface area contributed by atoms with Gasteiger partial charge < -0.3 is 4.74 Å². The summed E-state index contributed by atoms with van der Waals surface area (Å²) in [7, 11) is 0. The summed E-state index contributed by atoms with van der Waals surface area (Å²) in [4.78, 5) is 16.7. The molecule has 0 radical (unpaired) electrons. The molecule has 0 saturated heterocycles. The minimum Gasteiger partial charge on any atom is -0.405 e. The van der Waals surface area contributed by atoms with Crippen molar-refractivity contribution in [3.05, 3.63) is 45.4 Å². The van der Waals surface area contributed by atoms with E-state index in [-0.39, 0.29) is 5.56 Å². The van der Waals surface area contributed by atoms with E-state index in [9.17, 15) is 18.0 Å². The largest absolute Gasteiger partial charge is 0.573 e. The molecule has 3 nitrogen and oxygen atoms in total. The van der Waals surface area contributed by atoms with Crippen molar-refractivity contribution in [1.82, 2.24) is 4.98 Å². The molecule has 2 rings (SSSR count). The number of alkyl halides is 3. The van der Waals surface area contributed by atoms with Crippen LogP contribution in [0.2, 0.25) is 0 Å². The van der Waals surface area contributed by atoms with E-state index >= 15 is 0 Å². The van der Waals surface area contributed by atoms with Gasteiger partial charge in [0.05, 0.1) is 21.1 Å². The Balaban J connectivity index is 2.42. The number of rotatable bonds is 3. The Morgan fingerprint density at radius 1 is 1.25 bits per heavy atom. The normalized spacial score (nSPS) is 11.4. The molecular weight excluding hydrogens is 291 g/mol. The molecule has 7 heteroatoms. The number of para-hydroxylation sites is 1. The maximum absolute atomic E-state index is 12.3. The third kappa shape index (κ3) is 3.16. The van der Waals surface area contributed by atoms with E-state index in [0.717, 1.165) is 17.4 Å².